The Bertz CT molecular complexity index is 2130. The first-order chi connectivity index (χ1) is 25.7. The molecule has 0 aliphatic rings. The van der Waals surface area contributed by atoms with Crippen molar-refractivity contribution in [2.45, 2.75) is 0 Å². The number of hydrogen-bond donors (Lipinski definition) is 0. The molecule has 0 saturated carbocycles. The minimum Gasteiger partial charge on any atom is -0.496 e. The average molecular weight is 677 g/mol. The number of rotatable bonds is 12. The second-order valence-electron chi connectivity index (χ2n) is 12.2. The summed E-state index contributed by atoms with van der Waals surface area (Å²) in [6.45, 7) is 0. The Hall–Kier alpha value is -6.78. The van der Waals surface area contributed by atoms with E-state index in [9.17, 15) is 0 Å². The van der Waals surface area contributed by atoms with E-state index in [0.29, 0.717) is 0 Å². The molecule has 0 aliphatic heterocycles. The fraction of sp³-hybridized carbons (Fsp3) is 0.0417. The number of methoxy groups -OCH3 is 2. The summed E-state index contributed by atoms with van der Waals surface area (Å²) in [6.07, 6.45) is 8.34. The van der Waals surface area contributed by atoms with Crippen LogP contribution in [0.3, 0.4) is 0 Å². The van der Waals surface area contributed by atoms with Gasteiger partial charge >= 0.3 is 0 Å². The molecule has 0 saturated heterocycles. The summed E-state index contributed by atoms with van der Waals surface area (Å²) in [4.78, 5) is 4.51. The number of benzene rings is 7. The fourth-order valence-electron chi connectivity index (χ4n) is 6.26. The third kappa shape index (κ3) is 7.83. The third-order valence-electron chi connectivity index (χ3n) is 8.84. The number of anilines is 6. The maximum absolute atomic E-state index is 5.87. The molecule has 0 unspecified atom stereocenters. The summed E-state index contributed by atoms with van der Waals surface area (Å²) in [5, 5.41) is 0. The number of nitrogens with zero attached hydrogens (tertiary/aromatic N) is 2. The molecular weight excluding hydrogens is 637 g/mol. The number of hydrogen-bond acceptors (Lipinski definition) is 4. The molecule has 7 rings (SSSR count). The summed E-state index contributed by atoms with van der Waals surface area (Å²) in [7, 11) is 3.39. The Kier molecular flexibility index (Phi) is 10.6. The van der Waals surface area contributed by atoms with E-state index in [0.717, 1.165) is 67.9 Å². The predicted molar refractivity (Wildman–Crippen MR) is 220 cm³/mol. The molecule has 0 fully saturated rings. The highest BCUT2D eigenvalue weighted by Crippen LogP contribution is 2.37. The minimum atomic E-state index is 0.739. The summed E-state index contributed by atoms with van der Waals surface area (Å²) in [6, 6.07) is 62.9. The zero-order chi connectivity index (χ0) is 35.5. The van der Waals surface area contributed by atoms with Crippen molar-refractivity contribution in [1.82, 2.24) is 0 Å². The monoisotopic (exact) mass is 676 g/mol. The Balaban J connectivity index is 1.10. The molecule has 4 nitrogen and oxygen atoms in total. The molecule has 0 N–H and O–H groups in total. The quantitative estimate of drug-likeness (QED) is 0.120. The SMILES string of the molecule is COc1cc(C=Cc2ccc(N(c3ccccc3)c3ccccc3)cc2)cc(OC)c1C=Cc1ccc(N(c2ccccc2)c2ccccc2)cc1. The number of ether oxygens (including phenoxy) is 2. The Morgan fingerprint density at radius 1 is 0.327 bits per heavy atom. The lowest BCUT2D eigenvalue weighted by atomic mass is 10.0. The van der Waals surface area contributed by atoms with Gasteiger partial charge in [-0.15, -0.1) is 0 Å². The molecule has 0 radical (unpaired) electrons. The molecule has 0 aliphatic carbocycles. The highest BCUT2D eigenvalue weighted by atomic mass is 16.5. The molecular formula is C48H40N2O2. The highest BCUT2D eigenvalue weighted by molar-refractivity contribution is 5.82. The molecule has 0 spiro atoms. The van der Waals surface area contributed by atoms with E-state index in [2.05, 4.69) is 180 Å². The maximum atomic E-state index is 5.87. The van der Waals surface area contributed by atoms with Crippen LogP contribution in [0, 0.1) is 0 Å². The van der Waals surface area contributed by atoms with Crippen LogP contribution in [0.4, 0.5) is 34.1 Å². The van der Waals surface area contributed by atoms with E-state index in [1.54, 1.807) is 14.2 Å². The van der Waals surface area contributed by atoms with Crippen LogP contribution in [-0.2, 0) is 0 Å². The van der Waals surface area contributed by atoms with Crippen LogP contribution in [0.25, 0.3) is 24.3 Å². The lowest BCUT2D eigenvalue weighted by Gasteiger charge is -2.25. The van der Waals surface area contributed by atoms with Crippen molar-refractivity contribution in [1.29, 1.82) is 0 Å². The molecule has 0 bridgehead atoms. The lowest BCUT2D eigenvalue weighted by molar-refractivity contribution is 0.392. The van der Waals surface area contributed by atoms with E-state index in [4.69, 9.17) is 9.47 Å². The van der Waals surface area contributed by atoms with Gasteiger partial charge in [-0.3, -0.25) is 0 Å². The zero-order valence-electron chi connectivity index (χ0n) is 29.3. The van der Waals surface area contributed by atoms with Crippen molar-refractivity contribution in [3.8, 4) is 11.5 Å². The molecule has 52 heavy (non-hydrogen) atoms. The van der Waals surface area contributed by atoms with Gasteiger partial charge in [0.05, 0.1) is 19.8 Å². The summed E-state index contributed by atoms with van der Waals surface area (Å²) < 4.78 is 11.7. The van der Waals surface area contributed by atoms with Crippen molar-refractivity contribution < 1.29 is 9.47 Å². The van der Waals surface area contributed by atoms with Gasteiger partial charge in [-0.2, -0.15) is 0 Å². The van der Waals surface area contributed by atoms with Gasteiger partial charge in [0.1, 0.15) is 11.5 Å². The van der Waals surface area contributed by atoms with Crippen molar-refractivity contribution in [2.75, 3.05) is 24.0 Å². The molecule has 7 aromatic carbocycles. The molecule has 0 atom stereocenters. The van der Waals surface area contributed by atoms with Crippen LogP contribution < -0.4 is 19.3 Å². The number of para-hydroxylation sites is 4. The van der Waals surface area contributed by atoms with Gasteiger partial charge in [-0.25, -0.2) is 0 Å². The van der Waals surface area contributed by atoms with Gasteiger partial charge in [-0.1, -0.05) is 115 Å². The second kappa shape index (κ2) is 16.3. The normalized spacial score (nSPS) is 11.1. The first-order valence-electron chi connectivity index (χ1n) is 17.3. The maximum Gasteiger partial charge on any atom is 0.130 e. The van der Waals surface area contributed by atoms with E-state index in [1.807, 2.05) is 36.4 Å². The zero-order valence-corrected chi connectivity index (χ0v) is 29.3. The summed E-state index contributed by atoms with van der Waals surface area (Å²) >= 11 is 0. The van der Waals surface area contributed by atoms with E-state index in [-0.39, 0.29) is 0 Å². The van der Waals surface area contributed by atoms with Gasteiger partial charge in [0.15, 0.2) is 0 Å². The van der Waals surface area contributed by atoms with Gasteiger partial charge in [0.2, 0.25) is 0 Å². The highest BCUT2D eigenvalue weighted by Gasteiger charge is 2.14. The van der Waals surface area contributed by atoms with Crippen molar-refractivity contribution in [3.63, 3.8) is 0 Å². The van der Waals surface area contributed by atoms with E-state index < -0.39 is 0 Å². The largest absolute Gasteiger partial charge is 0.496 e. The Labute approximate surface area is 306 Å². The third-order valence-corrected chi connectivity index (χ3v) is 8.84. The summed E-state index contributed by atoms with van der Waals surface area (Å²) in [5.41, 5.74) is 10.6. The van der Waals surface area contributed by atoms with Crippen LogP contribution in [0.15, 0.2) is 182 Å². The Morgan fingerprint density at radius 2 is 0.615 bits per heavy atom. The van der Waals surface area contributed by atoms with Gasteiger partial charge in [0.25, 0.3) is 0 Å². The standard InChI is InChI=1S/C48H40N2O2/c1-51-47-35-39(24-23-37-25-30-44(31-26-37)49(40-15-7-3-8-16-40)41-17-9-4-10-18-41)36-48(52-2)46(47)34-29-38-27-32-45(33-28-38)50(42-19-11-5-12-20-42)43-21-13-6-14-22-43/h3-36H,1-2H3. The smallest absolute Gasteiger partial charge is 0.130 e. The molecule has 0 aromatic heterocycles. The van der Waals surface area contributed by atoms with Crippen LogP contribution in [-0.4, -0.2) is 14.2 Å². The van der Waals surface area contributed by atoms with Gasteiger partial charge < -0.3 is 19.3 Å². The Morgan fingerprint density at radius 3 is 0.942 bits per heavy atom. The first-order valence-corrected chi connectivity index (χ1v) is 17.3. The van der Waals surface area contributed by atoms with Crippen LogP contribution in [0.2, 0.25) is 0 Å². The van der Waals surface area contributed by atoms with Crippen molar-refractivity contribution in [3.05, 3.63) is 204 Å². The summed E-state index contributed by atoms with van der Waals surface area (Å²) in [5.74, 6) is 1.48. The molecule has 254 valence electrons. The average Bonchev–Trinajstić information content (AvgIpc) is 3.22. The van der Waals surface area contributed by atoms with Crippen molar-refractivity contribution >= 4 is 58.4 Å². The van der Waals surface area contributed by atoms with Crippen molar-refractivity contribution in [2.24, 2.45) is 0 Å². The molecule has 0 heterocycles. The van der Waals surface area contributed by atoms with Crippen LogP contribution in [0.5, 0.6) is 11.5 Å². The van der Waals surface area contributed by atoms with Crippen LogP contribution in [0.1, 0.15) is 22.3 Å². The lowest BCUT2D eigenvalue weighted by Crippen LogP contribution is -2.09. The molecule has 4 heteroatoms. The van der Waals surface area contributed by atoms with Crippen LogP contribution >= 0.6 is 0 Å². The minimum absolute atomic E-state index is 0.739. The molecule has 0 amide bonds. The predicted octanol–water partition coefficient (Wildman–Crippen LogP) is 13.0. The van der Waals surface area contributed by atoms with E-state index >= 15 is 0 Å². The van der Waals surface area contributed by atoms with E-state index in [1.165, 1.54) is 0 Å². The first kappa shape index (κ1) is 33.7. The van der Waals surface area contributed by atoms with Gasteiger partial charge in [0, 0.05) is 34.1 Å². The van der Waals surface area contributed by atoms with Gasteiger partial charge in [-0.05, 0) is 108 Å². The second-order valence-corrected chi connectivity index (χ2v) is 12.2. The topological polar surface area (TPSA) is 24.9 Å². The molecule has 7 aromatic rings. The fourth-order valence-corrected chi connectivity index (χ4v) is 6.26.